The maximum absolute atomic E-state index is 12.0. The van der Waals surface area contributed by atoms with E-state index in [4.69, 9.17) is 0 Å². The van der Waals surface area contributed by atoms with Crippen molar-refractivity contribution in [2.45, 2.75) is 104 Å². The van der Waals surface area contributed by atoms with Gasteiger partial charge in [0.25, 0.3) is 0 Å². The van der Waals surface area contributed by atoms with Gasteiger partial charge in [-0.25, -0.2) is 0 Å². The Morgan fingerprint density at radius 1 is 1.10 bits per heavy atom. The van der Waals surface area contributed by atoms with E-state index in [1.807, 2.05) is 0 Å². The van der Waals surface area contributed by atoms with Gasteiger partial charge < -0.3 is 15.0 Å². The first-order valence-electron chi connectivity index (χ1n) is 12.7. The Morgan fingerprint density at radius 2 is 1.83 bits per heavy atom. The van der Waals surface area contributed by atoms with Crippen LogP contribution < -0.4 is 5.11 Å². The van der Waals surface area contributed by atoms with Gasteiger partial charge in [-0.2, -0.15) is 0 Å². The largest absolute Gasteiger partial charge is 0.550 e. The molecule has 4 aliphatic carbocycles. The molecule has 0 aromatic heterocycles. The van der Waals surface area contributed by atoms with Crippen molar-refractivity contribution >= 4 is 5.97 Å². The van der Waals surface area contributed by atoms with Gasteiger partial charge in [-0.05, 0) is 98.2 Å². The van der Waals surface area contributed by atoms with Gasteiger partial charge in [0.1, 0.15) is 0 Å². The van der Waals surface area contributed by atoms with Crippen LogP contribution in [-0.2, 0) is 4.79 Å². The van der Waals surface area contributed by atoms with E-state index in [-0.39, 0.29) is 17.4 Å². The summed E-state index contributed by atoms with van der Waals surface area (Å²) in [6.45, 7) is 9.26. The molecule has 3 heteroatoms. The molecule has 0 aliphatic heterocycles. The molecule has 0 aromatic rings. The third-order valence-corrected chi connectivity index (χ3v) is 10.3. The SMILES string of the molecule is CC(C)CCC[C@@H](C(=O)[O-])C1=CC[C@]2(C)[C@H](CC[C@H]3[C@H]4CC[C@H](O)[C@]4(C)CC[C@@H]32)C1. The molecule has 3 fully saturated rings. The average molecular weight is 416 g/mol. The smallest absolute Gasteiger partial charge is 0.0596 e. The standard InChI is InChI=1S/C27H44O3/c1-17(2)6-5-7-20(25(29)30)18-12-14-26(3)19(16-18)8-9-21-22-10-11-24(28)27(22,4)15-13-23(21)26/h12,17,19-24,28H,5-11,13-16H2,1-4H3,(H,29,30)/p-1/t19-,20-,21+,22-,23+,24+,26-,27-/m1/s1. The average Bonchev–Trinajstić information content (AvgIpc) is 2.99. The van der Waals surface area contributed by atoms with E-state index < -0.39 is 5.97 Å². The first-order chi connectivity index (χ1) is 14.2. The number of hydrogen-bond donors (Lipinski definition) is 1. The Morgan fingerprint density at radius 3 is 2.53 bits per heavy atom. The molecule has 0 unspecified atom stereocenters. The number of allylic oxidation sites excluding steroid dienone is 1. The molecule has 0 heterocycles. The van der Waals surface area contributed by atoms with Gasteiger partial charge in [0.15, 0.2) is 0 Å². The lowest BCUT2D eigenvalue weighted by molar-refractivity contribution is -0.310. The minimum Gasteiger partial charge on any atom is -0.550 e. The van der Waals surface area contributed by atoms with Gasteiger partial charge in [0, 0.05) is 11.9 Å². The van der Waals surface area contributed by atoms with Crippen LogP contribution in [0.4, 0.5) is 0 Å². The summed E-state index contributed by atoms with van der Waals surface area (Å²) < 4.78 is 0. The lowest BCUT2D eigenvalue weighted by atomic mass is 9.45. The van der Waals surface area contributed by atoms with Crippen molar-refractivity contribution in [3.63, 3.8) is 0 Å². The van der Waals surface area contributed by atoms with E-state index in [0.717, 1.165) is 62.4 Å². The molecule has 0 aromatic carbocycles. The number of fused-ring (bicyclic) bond motifs is 5. The van der Waals surface area contributed by atoms with Crippen LogP contribution in [0.15, 0.2) is 11.6 Å². The van der Waals surface area contributed by atoms with Crippen LogP contribution in [0.2, 0.25) is 0 Å². The van der Waals surface area contributed by atoms with Gasteiger partial charge in [0.05, 0.1) is 6.10 Å². The number of carboxylic acid groups (broad SMARTS) is 1. The third-order valence-electron chi connectivity index (χ3n) is 10.3. The van der Waals surface area contributed by atoms with Gasteiger partial charge in [-0.3, -0.25) is 0 Å². The number of aliphatic hydroxyl groups is 1. The lowest BCUT2D eigenvalue weighted by Crippen LogP contribution is -2.53. The molecule has 0 bridgehead atoms. The fourth-order valence-electron chi connectivity index (χ4n) is 8.35. The molecule has 0 spiro atoms. The maximum atomic E-state index is 12.0. The number of carbonyl (C=O) groups is 1. The van der Waals surface area contributed by atoms with Crippen molar-refractivity contribution in [1.29, 1.82) is 0 Å². The first-order valence-corrected chi connectivity index (χ1v) is 12.7. The second-order valence-electron chi connectivity index (χ2n) is 12.2. The summed E-state index contributed by atoms with van der Waals surface area (Å²) in [5.74, 6) is 2.15. The molecule has 8 atom stereocenters. The van der Waals surface area contributed by atoms with Crippen molar-refractivity contribution in [1.82, 2.24) is 0 Å². The predicted molar refractivity (Wildman–Crippen MR) is 118 cm³/mol. The summed E-state index contributed by atoms with van der Waals surface area (Å²) >= 11 is 0. The predicted octanol–water partition coefficient (Wildman–Crippen LogP) is 5.12. The molecule has 4 aliphatic rings. The van der Waals surface area contributed by atoms with E-state index in [1.165, 1.54) is 25.7 Å². The van der Waals surface area contributed by atoms with Crippen LogP contribution in [0, 0.1) is 46.3 Å². The van der Waals surface area contributed by atoms with Crippen LogP contribution in [0.5, 0.6) is 0 Å². The molecule has 0 radical (unpaired) electrons. The maximum Gasteiger partial charge on any atom is 0.0596 e. The molecule has 0 saturated heterocycles. The highest BCUT2D eigenvalue weighted by Gasteiger charge is 2.59. The number of aliphatic carboxylic acids is 1. The van der Waals surface area contributed by atoms with Gasteiger partial charge in [0.2, 0.25) is 0 Å². The highest BCUT2D eigenvalue weighted by molar-refractivity contribution is 5.71. The van der Waals surface area contributed by atoms with Crippen molar-refractivity contribution in [3.8, 4) is 0 Å². The van der Waals surface area contributed by atoms with Crippen LogP contribution in [-0.4, -0.2) is 17.2 Å². The minimum absolute atomic E-state index is 0.110. The molecule has 0 amide bonds. The van der Waals surface area contributed by atoms with Crippen LogP contribution in [0.25, 0.3) is 0 Å². The van der Waals surface area contributed by atoms with Gasteiger partial charge in [-0.1, -0.05) is 52.2 Å². The minimum atomic E-state index is -0.865. The quantitative estimate of drug-likeness (QED) is 0.613. The molecular weight excluding hydrogens is 372 g/mol. The lowest BCUT2D eigenvalue weighted by Gasteiger charge is -2.60. The number of hydrogen-bond acceptors (Lipinski definition) is 3. The Balaban J connectivity index is 1.50. The van der Waals surface area contributed by atoms with Gasteiger partial charge in [-0.15, -0.1) is 0 Å². The Kier molecular flexibility index (Phi) is 6.16. The van der Waals surface area contributed by atoms with Crippen LogP contribution in [0.1, 0.15) is 98.3 Å². The zero-order valence-electron chi connectivity index (χ0n) is 19.7. The molecule has 30 heavy (non-hydrogen) atoms. The molecule has 1 N–H and O–H groups in total. The second-order valence-corrected chi connectivity index (χ2v) is 12.2. The number of carboxylic acids is 1. The number of rotatable bonds is 6. The van der Waals surface area contributed by atoms with Crippen molar-refractivity contribution in [3.05, 3.63) is 11.6 Å². The summed E-state index contributed by atoms with van der Waals surface area (Å²) in [5, 5.41) is 22.6. The van der Waals surface area contributed by atoms with Gasteiger partial charge >= 0.3 is 0 Å². The molecular formula is C27H43O3-. The fraction of sp³-hybridized carbons (Fsp3) is 0.889. The monoisotopic (exact) mass is 415 g/mol. The third kappa shape index (κ3) is 3.67. The van der Waals surface area contributed by atoms with E-state index in [9.17, 15) is 15.0 Å². The highest BCUT2D eigenvalue weighted by Crippen LogP contribution is 2.66. The topological polar surface area (TPSA) is 60.4 Å². The summed E-state index contributed by atoms with van der Waals surface area (Å²) in [7, 11) is 0. The molecule has 170 valence electrons. The summed E-state index contributed by atoms with van der Waals surface area (Å²) in [5.41, 5.74) is 1.60. The zero-order chi connectivity index (χ0) is 21.7. The van der Waals surface area contributed by atoms with E-state index >= 15 is 0 Å². The van der Waals surface area contributed by atoms with E-state index in [0.29, 0.717) is 23.2 Å². The zero-order valence-corrected chi connectivity index (χ0v) is 19.7. The second kappa shape index (κ2) is 8.26. The Labute approximate surface area is 183 Å². The number of carbonyl (C=O) groups excluding carboxylic acids is 1. The van der Waals surface area contributed by atoms with Crippen LogP contribution >= 0.6 is 0 Å². The molecule has 4 rings (SSSR count). The normalized spacial score (nSPS) is 44.1. The van der Waals surface area contributed by atoms with E-state index in [1.54, 1.807) is 0 Å². The van der Waals surface area contributed by atoms with Crippen LogP contribution in [0.3, 0.4) is 0 Å². The summed E-state index contributed by atoms with van der Waals surface area (Å²) in [4.78, 5) is 12.0. The highest BCUT2D eigenvalue weighted by atomic mass is 16.4. The summed E-state index contributed by atoms with van der Waals surface area (Å²) in [6, 6.07) is 0. The Bertz CT molecular complexity index is 682. The van der Waals surface area contributed by atoms with Crippen molar-refractivity contribution < 1.29 is 15.0 Å². The van der Waals surface area contributed by atoms with Crippen molar-refractivity contribution in [2.24, 2.45) is 46.3 Å². The summed E-state index contributed by atoms with van der Waals surface area (Å²) in [6.07, 6.45) is 14.1. The molecule has 3 saturated carbocycles. The fourth-order valence-corrected chi connectivity index (χ4v) is 8.35. The first kappa shape index (κ1) is 22.4. The Hall–Kier alpha value is -0.830. The molecule has 3 nitrogen and oxygen atoms in total. The van der Waals surface area contributed by atoms with E-state index in [2.05, 4.69) is 33.8 Å². The van der Waals surface area contributed by atoms with Crippen molar-refractivity contribution in [2.75, 3.05) is 0 Å². The number of aliphatic hydroxyl groups excluding tert-OH is 1.